The highest BCUT2D eigenvalue weighted by atomic mass is 16.4. The number of aliphatic carboxylic acids is 1. The molecule has 3 N–H and O–H groups in total. The van der Waals surface area contributed by atoms with Crippen LogP contribution in [-0.4, -0.2) is 23.1 Å². The first-order valence-corrected chi connectivity index (χ1v) is 5.28. The standard InChI is InChI=1S/C12H16N2O3/c1-7-5-4-6-10(8(7)2)14-12(17)13-9(3)11(15)16/h4-6,9H,1-3H3,(H,15,16)(H2,13,14,17). The van der Waals surface area contributed by atoms with Gasteiger partial charge in [0, 0.05) is 5.69 Å². The van der Waals surface area contributed by atoms with Crippen molar-refractivity contribution in [3.63, 3.8) is 0 Å². The lowest BCUT2D eigenvalue weighted by Gasteiger charge is -2.13. The van der Waals surface area contributed by atoms with E-state index >= 15 is 0 Å². The Bertz CT molecular complexity index is 443. The average Bonchev–Trinajstić information content (AvgIpc) is 2.24. The summed E-state index contributed by atoms with van der Waals surface area (Å²) in [6.45, 7) is 5.24. The van der Waals surface area contributed by atoms with Gasteiger partial charge in [-0.3, -0.25) is 4.79 Å². The lowest BCUT2D eigenvalue weighted by atomic mass is 10.1. The number of nitrogens with one attached hydrogen (secondary N) is 2. The second-order valence-corrected chi connectivity index (χ2v) is 3.91. The highest BCUT2D eigenvalue weighted by Gasteiger charge is 2.14. The van der Waals surface area contributed by atoms with E-state index in [1.165, 1.54) is 6.92 Å². The molecule has 5 nitrogen and oxygen atoms in total. The molecular weight excluding hydrogens is 220 g/mol. The summed E-state index contributed by atoms with van der Waals surface area (Å²) in [6, 6.07) is 4.11. The molecule has 92 valence electrons. The zero-order valence-electron chi connectivity index (χ0n) is 10.1. The van der Waals surface area contributed by atoms with Crippen molar-refractivity contribution in [2.45, 2.75) is 26.8 Å². The minimum Gasteiger partial charge on any atom is -0.480 e. The zero-order valence-corrected chi connectivity index (χ0v) is 10.1. The van der Waals surface area contributed by atoms with E-state index in [1.54, 1.807) is 6.07 Å². The summed E-state index contributed by atoms with van der Waals surface area (Å²) < 4.78 is 0. The molecule has 0 radical (unpaired) electrons. The Balaban J connectivity index is 2.69. The van der Waals surface area contributed by atoms with Gasteiger partial charge >= 0.3 is 12.0 Å². The summed E-state index contributed by atoms with van der Waals surface area (Å²) in [5, 5.41) is 13.6. The summed E-state index contributed by atoms with van der Waals surface area (Å²) >= 11 is 0. The first-order chi connectivity index (χ1) is 7.91. The molecule has 1 rings (SSSR count). The van der Waals surface area contributed by atoms with Crippen molar-refractivity contribution in [2.75, 3.05) is 5.32 Å². The number of anilines is 1. The Labute approximate surface area is 99.8 Å². The van der Waals surface area contributed by atoms with E-state index in [2.05, 4.69) is 10.6 Å². The third-order valence-electron chi connectivity index (χ3n) is 2.57. The molecule has 1 atom stereocenters. The smallest absolute Gasteiger partial charge is 0.325 e. The van der Waals surface area contributed by atoms with Gasteiger partial charge in [-0.15, -0.1) is 0 Å². The van der Waals surface area contributed by atoms with Gasteiger partial charge in [-0.25, -0.2) is 4.79 Å². The molecule has 0 aliphatic carbocycles. The molecule has 0 saturated heterocycles. The van der Waals surface area contributed by atoms with Crippen LogP contribution in [0.2, 0.25) is 0 Å². The van der Waals surface area contributed by atoms with Crippen LogP contribution in [0.5, 0.6) is 0 Å². The van der Waals surface area contributed by atoms with Crippen LogP contribution in [0.3, 0.4) is 0 Å². The Kier molecular flexibility index (Phi) is 4.09. The van der Waals surface area contributed by atoms with Crippen LogP contribution < -0.4 is 10.6 Å². The second-order valence-electron chi connectivity index (χ2n) is 3.91. The fourth-order valence-electron chi connectivity index (χ4n) is 1.30. The van der Waals surface area contributed by atoms with Gasteiger partial charge in [-0.1, -0.05) is 12.1 Å². The minimum absolute atomic E-state index is 0.520. The Morgan fingerprint density at radius 3 is 2.53 bits per heavy atom. The molecule has 1 aromatic rings. The van der Waals surface area contributed by atoms with Crippen LogP contribution >= 0.6 is 0 Å². The molecule has 0 aliphatic heterocycles. The van der Waals surface area contributed by atoms with Crippen LogP contribution in [0.1, 0.15) is 18.1 Å². The quantitative estimate of drug-likeness (QED) is 0.750. The molecular formula is C12H16N2O3. The van der Waals surface area contributed by atoms with Crippen molar-refractivity contribution in [3.05, 3.63) is 29.3 Å². The van der Waals surface area contributed by atoms with E-state index in [0.717, 1.165) is 11.1 Å². The van der Waals surface area contributed by atoms with Crippen molar-refractivity contribution in [2.24, 2.45) is 0 Å². The maximum atomic E-state index is 11.5. The predicted octanol–water partition coefficient (Wildman–Crippen LogP) is 1.90. The SMILES string of the molecule is Cc1cccc(NC(=O)NC(C)C(=O)O)c1C. The van der Waals surface area contributed by atoms with Gasteiger partial charge in [-0.05, 0) is 38.0 Å². The molecule has 17 heavy (non-hydrogen) atoms. The normalized spacial score (nSPS) is 11.7. The Morgan fingerprint density at radius 1 is 1.29 bits per heavy atom. The monoisotopic (exact) mass is 236 g/mol. The van der Waals surface area contributed by atoms with Crippen LogP contribution in [0, 0.1) is 13.8 Å². The van der Waals surface area contributed by atoms with Crippen molar-refractivity contribution >= 4 is 17.7 Å². The number of rotatable bonds is 3. The minimum atomic E-state index is -1.07. The molecule has 1 unspecified atom stereocenters. The van der Waals surface area contributed by atoms with Gasteiger partial charge < -0.3 is 15.7 Å². The van der Waals surface area contributed by atoms with Crippen molar-refractivity contribution in [3.8, 4) is 0 Å². The summed E-state index contributed by atoms with van der Waals surface area (Å²) in [5.41, 5.74) is 2.71. The van der Waals surface area contributed by atoms with Crippen LogP contribution in [-0.2, 0) is 4.79 Å². The van der Waals surface area contributed by atoms with Crippen molar-refractivity contribution in [1.29, 1.82) is 0 Å². The highest BCUT2D eigenvalue weighted by Crippen LogP contribution is 2.17. The molecule has 5 heteroatoms. The van der Waals surface area contributed by atoms with E-state index in [4.69, 9.17) is 5.11 Å². The Hall–Kier alpha value is -2.04. The third kappa shape index (κ3) is 3.48. The number of aryl methyl sites for hydroxylation is 1. The molecule has 0 aliphatic rings. The van der Waals surface area contributed by atoms with E-state index in [1.807, 2.05) is 26.0 Å². The predicted molar refractivity (Wildman–Crippen MR) is 65.2 cm³/mol. The molecule has 0 spiro atoms. The number of hydrogen-bond acceptors (Lipinski definition) is 2. The van der Waals surface area contributed by atoms with Crippen molar-refractivity contribution in [1.82, 2.24) is 5.32 Å². The number of benzene rings is 1. The lowest BCUT2D eigenvalue weighted by molar-refractivity contribution is -0.138. The fraction of sp³-hybridized carbons (Fsp3) is 0.333. The number of urea groups is 1. The number of carbonyl (C=O) groups excluding carboxylic acids is 1. The molecule has 1 aromatic carbocycles. The van der Waals surface area contributed by atoms with E-state index < -0.39 is 18.0 Å². The first-order valence-electron chi connectivity index (χ1n) is 5.28. The molecule has 0 saturated carbocycles. The van der Waals surface area contributed by atoms with Gasteiger partial charge in [0.2, 0.25) is 0 Å². The van der Waals surface area contributed by atoms with E-state index in [0.29, 0.717) is 5.69 Å². The van der Waals surface area contributed by atoms with E-state index in [9.17, 15) is 9.59 Å². The maximum absolute atomic E-state index is 11.5. The first kappa shape index (κ1) is 13.0. The highest BCUT2D eigenvalue weighted by molar-refractivity contribution is 5.92. The topological polar surface area (TPSA) is 78.4 Å². The largest absolute Gasteiger partial charge is 0.480 e. The molecule has 2 amide bonds. The van der Waals surface area contributed by atoms with Crippen LogP contribution in [0.25, 0.3) is 0 Å². The van der Waals surface area contributed by atoms with Gasteiger partial charge in [0.25, 0.3) is 0 Å². The second kappa shape index (κ2) is 5.34. The molecule has 0 fully saturated rings. The Morgan fingerprint density at radius 2 is 1.94 bits per heavy atom. The summed E-state index contributed by atoms with van der Waals surface area (Å²) in [4.78, 5) is 22.1. The van der Waals surface area contributed by atoms with E-state index in [-0.39, 0.29) is 0 Å². The summed E-state index contributed by atoms with van der Waals surface area (Å²) in [5.74, 6) is -1.07. The number of amides is 2. The average molecular weight is 236 g/mol. The molecule has 0 heterocycles. The van der Waals surface area contributed by atoms with Gasteiger partial charge in [-0.2, -0.15) is 0 Å². The number of carboxylic acid groups (broad SMARTS) is 1. The van der Waals surface area contributed by atoms with Crippen LogP contribution in [0.4, 0.5) is 10.5 Å². The third-order valence-corrected chi connectivity index (χ3v) is 2.57. The van der Waals surface area contributed by atoms with Crippen molar-refractivity contribution < 1.29 is 14.7 Å². The number of carbonyl (C=O) groups is 2. The van der Waals surface area contributed by atoms with Gasteiger partial charge in [0.15, 0.2) is 0 Å². The number of carboxylic acids is 1. The summed E-state index contributed by atoms with van der Waals surface area (Å²) in [7, 11) is 0. The van der Waals surface area contributed by atoms with Crippen LogP contribution in [0.15, 0.2) is 18.2 Å². The zero-order chi connectivity index (χ0) is 13.0. The maximum Gasteiger partial charge on any atom is 0.325 e. The van der Waals surface area contributed by atoms with Gasteiger partial charge in [0.1, 0.15) is 6.04 Å². The molecule has 0 bridgehead atoms. The number of hydrogen-bond donors (Lipinski definition) is 3. The lowest BCUT2D eigenvalue weighted by Crippen LogP contribution is -2.40. The van der Waals surface area contributed by atoms with Gasteiger partial charge in [0.05, 0.1) is 0 Å². The molecule has 0 aromatic heterocycles. The summed E-state index contributed by atoms with van der Waals surface area (Å²) in [6.07, 6.45) is 0. The fourth-order valence-corrected chi connectivity index (χ4v) is 1.30.